The number of hydrogen-bond acceptors (Lipinski definition) is 2. The summed E-state index contributed by atoms with van der Waals surface area (Å²) in [5.74, 6) is 0.436. The summed E-state index contributed by atoms with van der Waals surface area (Å²) in [5.41, 5.74) is 3.11. The van der Waals surface area contributed by atoms with E-state index in [-0.39, 0.29) is 5.56 Å². The normalized spacial score (nSPS) is 11.2. The Morgan fingerprint density at radius 2 is 2.31 bits per heavy atom. The summed E-state index contributed by atoms with van der Waals surface area (Å²) >= 11 is 5.68. The third-order valence-corrected chi connectivity index (χ3v) is 2.88. The molecule has 0 aliphatic rings. The molecule has 0 fully saturated rings. The van der Waals surface area contributed by atoms with Gasteiger partial charge in [0, 0.05) is 28.9 Å². The molecule has 0 amide bonds. The molecule has 2 aromatic heterocycles. The Morgan fingerprint density at radius 3 is 2.94 bits per heavy atom. The van der Waals surface area contributed by atoms with Crippen molar-refractivity contribution in [2.45, 2.75) is 26.7 Å². The van der Waals surface area contributed by atoms with E-state index in [2.05, 4.69) is 10.1 Å². The highest BCUT2D eigenvalue weighted by Crippen LogP contribution is 2.07. The average molecular weight is 240 g/mol. The van der Waals surface area contributed by atoms with Gasteiger partial charge < -0.3 is 0 Å². The van der Waals surface area contributed by atoms with Crippen LogP contribution in [0, 0.1) is 6.92 Å². The van der Waals surface area contributed by atoms with E-state index in [1.807, 2.05) is 19.9 Å². The summed E-state index contributed by atoms with van der Waals surface area (Å²) in [6.45, 7) is 3.88. The van der Waals surface area contributed by atoms with Crippen LogP contribution in [0.3, 0.4) is 0 Å². The van der Waals surface area contributed by atoms with Crippen molar-refractivity contribution in [2.75, 3.05) is 5.88 Å². The molecule has 0 atom stereocenters. The molecule has 0 saturated carbocycles. The quantitative estimate of drug-likeness (QED) is 0.829. The molecule has 2 heterocycles. The Kier molecular flexibility index (Phi) is 3.01. The smallest absolute Gasteiger partial charge is 0.276 e. The van der Waals surface area contributed by atoms with Crippen molar-refractivity contribution in [3.8, 4) is 0 Å². The van der Waals surface area contributed by atoms with Gasteiger partial charge in [-0.15, -0.1) is 11.6 Å². The number of aryl methyl sites for hydroxylation is 2. The molecule has 2 aromatic rings. The van der Waals surface area contributed by atoms with Crippen molar-refractivity contribution < 1.29 is 0 Å². The molecule has 5 heteroatoms. The minimum absolute atomic E-state index is 0.0390. The van der Waals surface area contributed by atoms with Crippen LogP contribution in [-0.2, 0) is 12.8 Å². The van der Waals surface area contributed by atoms with Crippen molar-refractivity contribution >= 4 is 17.2 Å². The molecular weight excluding hydrogens is 226 g/mol. The van der Waals surface area contributed by atoms with E-state index in [1.54, 1.807) is 0 Å². The van der Waals surface area contributed by atoms with Gasteiger partial charge in [0.15, 0.2) is 5.65 Å². The highest BCUT2D eigenvalue weighted by atomic mass is 35.5. The fraction of sp³-hybridized carbons (Fsp3) is 0.455. The van der Waals surface area contributed by atoms with Crippen LogP contribution in [0.4, 0.5) is 0 Å². The Hall–Kier alpha value is -1.29. The molecule has 0 aromatic carbocycles. The molecule has 16 heavy (non-hydrogen) atoms. The van der Waals surface area contributed by atoms with E-state index >= 15 is 0 Å². The Bertz CT molecular complexity index is 570. The number of rotatable bonds is 3. The molecule has 0 aliphatic heterocycles. The first-order chi connectivity index (χ1) is 7.67. The second kappa shape index (κ2) is 4.29. The molecule has 0 unspecified atom stereocenters. The maximum Gasteiger partial charge on any atom is 0.276 e. The van der Waals surface area contributed by atoms with Crippen LogP contribution in [0.5, 0.6) is 0 Å². The summed E-state index contributed by atoms with van der Waals surface area (Å²) < 4.78 is 1.49. The van der Waals surface area contributed by atoms with Crippen LogP contribution in [0.15, 0.2) is 10.9 Å². The van der Waals surface area contributed by atoms with Gasteiger partial charge >= 0.3 is 0 Å². The van der Waals surface area contributed by atoms with E-state index in [0.29, 0.717) is 23.5 Å². The number of H-pyrrole nitrogens is 1. The van der Waals surface area contributed by atoms with Crippen molar-refractivity contribution in [1.82, 2.24) is 14.6 Å². The highest BCUT2D eigenvalue weighted by Gasteiger charge is 2.10. The lowest BCUT2D eigenvalue weighted by atomic mass is 10.2. The fourth-order valence-corrected chi connectivity index (χ4v) is 1.97. The Labute approximate surface area is 98.2 Å². The van der Waals surface area contributed by atoms with Crippen LogP contribution in [-0.4, -0.2) is 20.5 Å². The molecule has 86 valence electrons. The van der Waals surface area contributed by atoms with E-state index in [1.165, 1.54) is 4.52 Å². The van der Waals surface area contributed by atoms with Gasteiger partial charge in [-0.2, -0.15) is 0 Å². The third kappa shape index (κ3) is 1.73. The standard InChI is InChI=1S/C11H14ClN3O/c1-3-8-6-10-13-7(2)9(4-5-12)11(16)15(10)14-8/h6,14H,3-5H2,1-2H3. The number of aromatic nitrogens is 3. The first kappa shape index (κ1) is 11.2. The van der Waals surface area contributed by atoms with E-state index < -0.39 is 0 Å². The van der Waals surface area contributed by atoms with Gasteiger partial charge in [-0.3, -0.25) is 9.89 Å². The fourth-order valence-electron chi connectivity index (χ4n) is 1.78. The number of halogens is 1. The first-order valence-electron chi connectivity index (χ1n) is 5.33. The molecular formula is C11H14ClN3O. The summed E-state index contributed by atoms with van der Waals surface area (Å²) in [7, 11) is 0. The van der Waals surface area contributed by atoms with Gasteiger partial charge in [-0.25, -0.2) is 9.50 Å². The van der Waals surface area contributed by atoms with Crippen LogP contribution in [0.25, 0.3) is 5.65 Å². The summed E-state index contributed by atoms with van der Waals surface area (Å²) in [6, 6.07) is 1.90. The van der Waals surface area contributed by atoms with Gasteiger partial charge in [-0.1, -0.05) is 6.92 Å². The number of alkyl halides is 1. The average Bonchev–Trinajstić information content (AvgIpc) is 2.67. The Balaban J connectivity index is 2.71. The zero-order chi connectivity index (χ0) is 11.7. The second-order valence-corrected chi connectivity index (χ2v) is 4.13. The van der Waals surface area contributed by atoms with Gasteiger partial charge in [0.25, 0.3) is 5.56 Å². The summed E-state index contributed by atoms with van der Waals surface area (Å²) in [5, 5.41) is 3.04. The zero-order valence-corrected chi connectivity index (χ0v) is 10.1. The lowest BCUT2D eigenvalue weighted by Gasteiger charge is -2.02. The molecule has 0 bridgehead atoms. The lowest BCUT2D eigenvalue weighted by molar-refractivity contribution is 0.828. The molecule has 0 spiro atoms. The Morgan fingerprint density at radius 1 is 1.56 bits per heavy atom. The predicted octanol–water partition coefficient (Wildman–Crippen LogP) is 1.67. The summed E-state index contributed by atoms with van der Waals surface area (Å²) in [6.07, 6.45) is 1.41. The topological polar surface area (TPSA) is 50.2 Å². The number of nitrogens with one attached hydrogen (secondary N) is 1. The minimum Gasteiger partial charge on any atom is -0.294 e. The second-order valence-electron chi connectivity index (χ2n) is 3.75. The van der Waals surface area contributed by atoms with Gasteiger partial charge in [0.1, 0.15) is 0 Å². The summed E-state index contributed by atoms with van der Waals surface area (Å²) in [4.78, 5) is 16.5. The lowest BCUT2D eigenvalue weighted by Crippen LogP contribution is -2.22. The van der Waals surface area contributed by atoms with Gasteiger partial charge in [0.05, 0.1) is 0 Å². The van der Waals surface area contributed by atoms with Crippen molar-refractivity contribution in [1.29, 1.82) is 0 Å². The van der Waals surface area contributed by atoms with E-state index in [4.69, 9.17) is 11.6 Å². The minimum atomic E-state index is -0.0390. The van der Waals surface area contributed by atoms with Gasteiger partial charge in [0.2, 0.25) is 0 Å². The maximum absolute atomic E-state index is 12.1. The highest BCUT2D eigenvalue weighted by molar-refractivity contribution is 6.17. The maximum atomic E-state index is 12.1. The van der Waals surface area contributed by atoms with Crippen molar-refractivity contribution in [3.05, 3.63) is 33.4 Å². The number of nitrogens with zero attached hydrogens (tertiary/aromatic N) is 2. The molecule has 4 nitrogen and oxygen atoms in total. The molecule has 0 aliphatic carbocycles. The van der Waals surface area contributed by atoms with Crippen molar-refractivity contribution in [3.63, 3.8) is 0 Å². The van der Waals surface area contributed by atoms with Crippen LogP contribution >= 0.6 is 11.6 Å². The van der Waals surface area contributed by atoms with Crippen LogP contribution in [0.1, 0.15) is 23.9 Å². The van der Waals surface area contributed by atoms with Gasteiger partial charge in [-0.05, 0) is 19.8 Å². The molecule has 0 radical (unpaired) electrons. The molecule has 2 rings (SSSR count). The molecule has 0 saturated heterocycles. The van der Waals surface area contributed by atoms with E-state index in [0.717, 1.165) is 17.8 Å². The number of hydrogen-bond donors (Lipinski definition) is 1. The first-order valence-corrected chi connectivity index (χ1v) is 5.87. The number of fused-ring (bicyclic) bond motifs is 1. The largest absolute Gasteiger partial charge is 0.294 e. The van der Waals surface area contributed by atoms with Crippen molar-refractivity contribution in [2.24, 2.45) is 0 Å². The molecule has 1 N–H and O–H groups in total. The van der Waals surface area contributed by atoms with Crippen LogP contribution < -0.4 is 5.56 Å². The van der Waals surface area contributed by atoms with Crippen LogP contribution in [0.2, 0.25) is 0 Å². The monoisotopic (exact) mass is 239 g/mol. The number of aromatic amines is 1. The SMILES string of the molecule is CCc1cc2nc(C)c(CCCl)c(=O)n2[nH]1. The predicted molar refractivity (Wildman–Crippen MR) is 64.4 cm³/mol. The van der Waals surface area contributed by atoms with E-state index in [9.17, 15) is 4.79 Å². The zero-order valence-electron chi connectivity index (χ0n) is 9.38. The third-order valence-electron chi connectivity index (χ3n) is 2.69.